The Kier molecular flexibility index (Phi) is 6.66. The van der Waals surface area contributed by atoms with E-state index in [0.717, 1.165) is 24.9 Å². The van der Waals surface area contributed by atoms with Gasteiger partial charge in [0.15, 0.2) is 23.0 Å². The number of para-hydroxylation sites is 1. The third kappa shape index (κ3) is 5.01. The molecule has 0 radical (unpaired) electrons. The van der Waals surface area contributed by atoms with Crippen LogP contribution in [-0.2, 0) is 4.79 Å². The van der Waals surface area contributed by atoms with E-state index in [-0.39, 0.29) is 29.1 Å². The van der Waals surface area contributed by atoms with Crippen LogP contribution >= 0.6 is 11.8 Å². The number of rotatable bonds is 7. The molecule has 3 aromatic heterocycles. The minimum absolute atomic E-state index is 0.0544. The molecule has 0 aliphatic carbocycles. The third-order valence-electron chi connectivity index (χ3n) is 5.68. The molecule has 1 aliphatic heterocycles. The standard InChI is InChI=1S/C24H23FN6O2S/c25-19-7-1-2-8-20(19)33-15-17-5-4-12-30(14-17)23(32)16-34-22-10-9-21-27-28-24(31(21)29-22)18-6-3-11-26-13-18/h1-3,6-11,13,17H,4-5,12,14-16H2. The van der Waals surface area contributed by atoms with Crippen molar-refractivity contribution in [2.24, 2.45) is 5.92 Å². The van der Waals surface area contributed by atoms with Crippen LogP contribution in [0.1, 0.15) is 12.8 Å². The van der Waals surface area contributed by atoms with Crippen molar-refractivity contribution in [3.63, 3.8) is 0 Å². The Balaban J connectivity index is 1.19. The number of carbonyl (C=O) groups is 1. The van der Waals surface area contributed by atoms with Gasteiger partial charge < -0.3 is 9.64 Å². The van der Waals surface area contributed by atoms with E-state index >= 15 is 0 Å². The number of fused-ring (bicyclic) bond motifs is 1. The van der Waals surface area contributed by atoms with Gasteiger partial charge >= 0.3 is 0 Å². The quantitative estimate of drug-likeness (QED) is 0.374. The van der Waals surface area contributed by atoms with E-state index in [1.165, 1.54) is 17.8 Å². The zero-order valence-electron chi connectivity index (χ0n) is 18.4. The average molecular weight is 479 g/mol. The number of amides is 1. The van der Waals surface area contributed by atoms with E-state index in [0.29, 0.717) is 29.6 Å². The van der Waals surface area contributed by atoms with Crippen molar-refractivity contribution in [2.75, 3.05) is 25.4 Å². The van der Waals surface area contributed by atoms with Gasteiger partial charge in [0, 0.05) is 37.0 Å². The van der Waals surface area contributed by atoms with Crippen molar-refractivity contribution in [3.8, 4) is 17.1 Å². The summed E-state index contributed by atoms with van der Waals surface area (Å²) in [4.78, 5) is 18.9. The number of thioether (sulfide) groups is 1. The number of hydrogen-bond acceptors (Lipinski definition) is 7. The van der Waals surface area contributed by atoms with Crippen molar-refractivity contribution < 1.29 is 13.9 Å². The van der Waals surface area contributed by atoms with Crippen LogP contribution in [0.3, 0.4) is 0 Å². The molecule has 1 atom stereocenters. The molecular weight excluding hydrogens is 455 g/mol. The zero-order valence-corrected chi connectivity index (χ0v) is 19.2. The van der Waals surface area contributed by atoms with Gasteiger partial charge in [-0.2, -0.15) is 9.61 Å². The molecule has 10 heteroatoms. The average Bonchev–Trinajstić information content (AvgIpc) is 3.31. The molecule has 0 saturated carbocycles. The smallest absolute Gasteiger partial charge is 0.233 e. The Morgan fingerprint density at radius 2 is 2.06 bits per heavy atom. The maximum Gasteiger partial charge on any atom is 0.233 e. The summed E-state index contributed by atoms with van der Waals surface area (Å²) in [5, 5.41) is 13.7. The number of hydrogen-bond donors (Lipinski definition) is 0. The minimum atomic E-state index is -0.369. The molecule has 5 rings (SSSR count). The topological polar surface area (TPSA) is 85.5 Å². The Labute approximate surface area is 200 Å². The summed E-state index contributed by atoms with van der Waals surface area (Å²) in [5.74, 6) is 0.999. The van der Waals surface area contributed by atoms with Crippen LogP contribution in [0, 0.1) is 11.7 Å². The number of ether oxygens (including phenoxy) is 1. The fourth-order valence-electron chi connectivity index (χ4n) is 3.95. The van der Waals surface area contributed by atoms with E-state index in [9.17, 15) is 9.18 Å². The minimum Gasteiger partial charge on any atom is -0.490 e. The van der Waals surface area contributed by atoms with Crippen molar-refractivity contribution in [1.29, 1.82) is 0 Å². The summed E-state index contributed by atoms with van der Waals surface area (Å²) in [7, 11) is 0. The fourth-order valence-corrected chi connectivity index (χ4v) is 4.71. The summed E-state index contributed by atoms with van der Waals surface area (Å²) in [6.45, 7) is 1.72. The second-order valence-corrected chi connectivity index (χ2v) is 9.08. The van der Waals surface area contributed by atoms with E-state index in [4.69, 9.17) is 4.74 Å². The molecule has 0 spiro atoms. The molecule has 1 amide bonds. The lowest BCUT2D eigenvalue weighted by atomic mass is 9.99. The molecule has 0 N–H and O–H groups in total. The van der Waals surface area contributed by atoms with E-state index in [2.05, 4.69) is 20.3 Å². The second kappa shape index (κ2) is 10.2. The first kappa shape index (κ1) is 22.3. The molecule has 1 aliphatic rings. The van der Waals surface area contributed by atoms with Gasteiger partial charge in [-0.1, -0.05) is 23.9 Å². The highest BCUT2D eigenvalue weighted by atomic mass is 32.2. The van der Waals surface area contributed by atoms with Gasteiger partial charge in [-0.3, -0.25) is 9.78 Å². The first-order chi connectivity index (χ1) is 16.7. The molecule has 1 saturated heterocycles. The molecule has 1 aromatic carbocycles. The third-order valence-corrected chi connectivity index (χ3v) is 6.59. The Hall–Kier alpha value is -3.53. The highest BCUT2D eigenvalue weighted by Crippen LogP contribution is 2.23. The molecular formula is C24H23FN6O2S. The number of piperidine rings is 1. The first-order valence-electron chi connectivity index (χ1n) is 11.1. The van der Waals surface area contributed by atoms with Gasteiger partial charge in [-0.25, -0.2) is 4.39 Å². The van der Waals surface area contributed by atoms with Crippen molar-refractivity contribution >= 4 is 23.3 Å². The molecule has 8 nitrogen and oxygen atoms in total. The van der Waals surface area contributed by atoms with Crippen LogP contribution in [0.25, 0.3) is 17.0 Å². The van der Waals surface area contributed by atoms with Crippen molar-refractivity contribution in [2.45, 2.75) is 17.9 Å². The summed E-state index contributed by atoms with van der Waals surface area (Å²) in [6, 6.07) is 13.8. The number of nitrogens with zero attached hydrogens (tertiary/aromatic N) is 6. The highest BCUT2D eigenvalue weighted by molar-refractivity contribution is 7.99. The monoisotopic (exact) mass is 478 g/mol. The number of pyridine rings is 1. The predicted molar refractivity (Wildman–Crippen MR) is 126 cm³/mol. The van der Waals surface area contributed by atoms with Gasteiger partial charge in [-0.05, 0) is 49.2 Å². The Bertz CT molecular complexity index is 1280. The second-order valence-electron chi connectivity index (χ2n) is 8.08. The van der Waals surface area contributed by atoms with Gasteiger partial charge in [0.25, 0.3) is 0 Å². The molecule has 1 fully saturated rings. The number of likely N-dealkylation sites (tertiary alicyclic amines) is 1. The maximum atomic E-state index is 13.8. The first-order valence-corrected chi connectivity index (χ1v) is 12.1. The van der Waals surface area contributed by atoms with Crippen molar-refractivity contribution in [3.05, 3.63) is 66.7 Å². The van der Waals surface area contributed by atoms with Gasteiger partial charge in [0.1, 0.15) is 5.03 Å². The number of benzene rings is 1. The SMILES string of the molecule is O=C(CSc1ccc2nnc(-c3cccnc3)n2n1)N1CCCC(COc2ccccc2F)C1. The summed E-state index contributed by atoms with van der Waals surface area (Å²) >= 11 is 1.38. The van der Waals surface area contributed by atoms with Crippen LogP contribution in [0.4, 0.5) is 4.39 Å². The normalized spacial score (nSPS) is 16.0. The number of carbonyl (C=O) groups excluding carboxylic acids is 1. The molecule has 4 heterocycles. The van der Waals surface area contributed by atoms with Crippen LogP contribution in [-0.4, -0.2) is 61.1 Å². The lowest BCUT2D eigenvalue weighted by Gasteiger charge is -2.32. The predicted octanol–water partition coefficient (Wildman–Crippen LogP) is 3.74. The van der Waals surface area contributed by atoms with Gasteiger partial charge in [0.2, 0.25) is 5.91 Å². The van der Waals surface area contributed by atoms with Gasteiger partial charge in [-0.15, -0.1) is 10.2 Å². The fraction of sp³-hybridized carbons (Fsp3) is 0.292. The molecule has 34 heavy (non-hydrogen) atoms. The van der Waals surface area contributed by atoms with E-state index in [1.807, 2.05) is 29.2 Å². The number of halogens is 1. The lowest BCUT2D eigenvalue weighted by Crippen LogP contribution is -2.42. The molecule has 174 valence electrons. The number of aromatic nitrogens is 5. The van der Waals surface area contributed by atoms with E-state index in [1.54, 1.807) is 35.1 Å². The Morgan fingerprint density at radius 1 is 1.15 bits per heavy atom. The lowest BCUT2D eigenvalue weighted by molar-refractivity contribution is -0.130. The van der Waals surface area contributed by atoms with Gasteiger partial charge in [0.05, 0.1) is 12.4 Å². The Morgan fingerprint density at radius 3 is 2.91 bits per heavy atom. The maximum absolute atomic E-state index is 13.8. The van der Waals surface area contributed by atoms with E-state index < -0.39 is 0 Å². The molecule has 4 aromatic rings. The van der Waals surface area contributed by atoms with Crippen LogP contribution in [0.2, 0.25) is 0 Å². The molecule has 1 unspecified atom stereocenters. The largest absolute Gasteiger partial charge is 0.490 e. The zero-order chi connectivity index (χ0) is 23.3. The summed E-state index contributed by atoms with van der Waals surface area (Å²) in [5.41, 5.74) is 1.45. The summed E-state index contributed by atoms with van der Waals surface area (Å²) < 4.78 is 21.1. The van der Waals surface area contributed by atoms with Crippen molar-refractivity contribution in [1.82, 2.24) is 29.7 Å². The van der Waals surface area contributed by atoms with Crippen LogP contribution < -0.4 is 4.74 Å². The summed E-state index contributed by atoms with van der Waals surface area (Å²) in [6.07, 6.45) is 5.27. The van der Waals surface area contributed by atoms with Crippen LogP contribution in [0.5, 0.6) is 5.75 Å². The molecule has 0 bridgehead atoms. The highest BCUT2D eigenvalue weighted by Gasteiger charge is 2.24. The van der Waals surface area contributed by atoms with Crippen LogP contribution in [0.15, 0.2) is 66.0 Å².